The first kappa shape index (κ1) is 25.9. The lowest BCUT2D eigenvalue weighted by molar-refractivity contribution is 0.262. The van der Waals surface area contributed by atoms with Crippen LogP contribution in [0.5, 0.6) is 0 Å². The molecule has 0 saturated heterocycles. The summed E-state index contributed by atoms with van der Waals surface area (Å²) in [6, 6.07) is 14.4. The predicted molar refractivity (Wildman–Crippen MR) is 141 cm³/mol. The summed E-state index contributed by atoms with van der Waals surface area (Å²) < 4.78 is 0. The first-order chi connectivity index (χ1) is 16.3. The van der Waals surface area contributed by atoms with Gasteiger partial charge in [-0.1, -0.05) is 57.5 Å². The van der Waals surface area contributed by atoms with Crippen molar-refractivity contribution in [3.05, 3.63) is 72.1 Å². The Kier molecular flexibility index (Phi) is 10.1. The van der Waals surface area contributed by atoms with Crippen molar-refractivity contribution in [1.82, 2.24) is 5.43 Å². The molecule has 0 aliphatic rings. The minimum Gasteiger partial charge on any atom is -0.385 e. The van der Waals surface area contributed by atoms with Crippen LogP contribution in [0.3, 0.4) is 0 Å². The van der Waals surface area contributed by atoms with Crippen molar-refractivity contribution in [3.63, 3.8) is 0 Å². The molecule has 0 aromatic heterocycles. The number of nitrogens with zero attached hydrogens (tertiary/aromatic N) is 3. The Hall–Kier alpha value is -4.34. The molecule has 0 unspecified atom stereocenters. The lowest BCUT2D eigenvalue weighted by Crippen LogP contribution is -2.22. The number of amides is 2. The summed E-state index contributed by atoms with van der Waals surface area (Å²) in [4.78, 5) is 12.4. The average Bonchev–Trinajstić information content (AvgIpc) is 2.80. The number of nitrogens with two attached hydrogens (primary N) is 3. The maximum atomic E-state index is 12.4. The molecule has 0 fully saturated rings. The first-order valence-electron chi connectivity index (χ1n) is 11.0. The van der Waals surface area contributed by atoms with Crippen molar-refractivity contribution in [1.29, 1.82) is 0 Å². The number of hydrogen-bond acceptors (Lipinski definition) is 6. The van der Waals surface area contributed by atoms with Crippen LogP contribution in [0.2, 0.25) is 0 Å². The SMILES string of the molecule is C=C(N)N/N=C(\CCC)c1ccc(NC(=O)Nc2ccc(/C(CCC)=N\N=C(N)N)cc2)cc1. The number of carbonyl (C=O) groups is 1. The first-order valence-corrected chi connectivity index (χ1v) is 11.0. The van der Waals surface area contributed by atoms with E-state index >= 15 is 0 Å². The highest BCUT2D eigenvalue weighted by Crippen LogP contribution is 2.16. The molecule has 10 nitrogen and oxygen atoms in total. The second-order valence-corrected chi connectivity index (χ2v) is 7.50. The molecule has 34 heavy (non-hydrogen) atoms. The van der Waals surface area contributed by atoms with Crippen molar-refractivity contribution in [2.75, 3.05) is 10.6 Å². The second kappa shape index (κ2) is 13.3. The average molecular weight is 464 g/mol. The summed E-state index contributed by atoms with van der Waals surface area (Å²) in [5, 5.41) is 17.8. The highest BCUT2D eigenvalue weighted by atomic mass is 16.2. The van der Waals surface area contributed by atoms with Gasteiger partial charge in [0.05, 0.1) is 11.4 Å². The summed E-state index contributed by atoms with van der Waals surface area (Å²) >= 11 is 0. The monoisotopic (exact) mass is 463 g/mol. The summed E-state index contributed by atoms with van der Waals surface area (Å²) in [7, 11) is 0. The molecular formula is C24H33N9O. The highest BCUT2D eigenvalue weighted by Gasteiger charge is 2.08. The fourth-order valence-electron chi connectivity index (χ4n) is 3.03. The number of rotatable bonds is 11. The van der Waals surface area contributed by atoms with E-state index in [0.717, 1.165) is 48.2 Å². The Balaban J connectivity index is 2.02. The lowest BCUT2D eigenvalue weighted by Gasteiger charge is -2.11. The van der Waals surface area contributed by atoms with E-state index in [4.69, 9.17) is 17.2 Å². The van der Waals surface area contributed by atoms with E-state index in [1.54, 1.807) is 12.1 Å². The fourth-order valence-corrected chi connectivity index (χ4v) is 3.03. The van der Waals surface area contributed by atoms with Crippen LogP contribution in [-0.2, 0) is 0 Å². The van der Waals surface area contributed by atoms with E-state index in [1.807, 2.05) is 43.3 Å². The van der Waals surface area contributed by atoms with Crippen LogP contribution >= 0.6 is 0 Å². The Morgan fingerprint density at radius 3 is 1.71 bits per heavy atom. The van der Waals surface area contributed by atoms with Crippen molar-refractivity contribution in [2.24, 2.45) is 32.5 Å². The second-order valence-electron chi connectivity index (χ2n) is 7.50. The van der Waals surface area contributed by atoms with Gasteiger partial charge in [-0.25, -0.2) is 4.79 Å². The smallest absolute Gasteiger partial charge is 0.323 e. The largest absolute Gasteiger partial charge is 0.385 e. The molecule has 2 aromatic rings. The summed E-state index contributed by atoms with van der Waals surface area (Å²) in [5.41, 5.74) is 23.7. The molecule has 2 aromatic carbocycles. The molecule has 0 radical (unpaired) electrons. The van der Waals surface area contributed by atoms with Gasteiger partial charge in [-0.05, 0) is 48.2 Å². The van der Waals surface area contributed by atoms with Gasteiger partial charge in [-0.3, -0.25) is 5.43 Å². The molecule has 180 valence electrons. The Morgan fingerprint density at radius 1 is 0.794 bits per heavy atom. The summed E-state index contributed by atoms with van der Waals surface area (Å²) in [6.45, 7) is 7.70. The third-order valence-electron chi connectivity index (χ3n) is 4.55. The van der Waals surface area contributed by atoms with Crippen LogP contribution in [0, 0.1) is 0 Å². The Labute approximate surface area is 200 Å². The zero-order valence-corrected chi connectivity index (χ0v) is 19.6. The van der Waals surface area contributed by atoms with Crippen molar-refractivity contribution in [2.45, 2.75) is 39.5 Å². The van der Waals surface area contributed by atoms with Gasteiger partial charge in [0.25, 0.3) is 0 Å². The number of anilines is 2. The molecule has 2 amide bonds. The molecule has 0 bridgehead atoms. The minimum atomic E-state index is -0.355. The molecule has 10 heteroatoms. The maximum absolute atomic E-state index is 12.4. The van der Waals surface area contributed by atoms with Gasteiger partial charge in [0, 0.05) is 11.4 Å². The number of nitrogens with one attached hydrogen (secondary N) is 3. The van der Waals surface area contributed by atoms with E-state index in [9.17, 15) is 4.79 Å². The van der Waals surface area contributed by atoms with Crippen LogP contribution in [0.25, 0.3) is 0 Å². The number of benzene rings is 2. The Bertz CT molecular complexity index is 1050. The molecule has 0 atom stereocenters. The highest BCUT2D eigenvalue weighted by molar-refractivity contribution is 6.03. The van der Waals surface area contributed by atoms with Gasteiger partial charge in [0.2, 0.25) is 5.96 Å². The van der Waals surface area contributed by atoms with E-state index < -0.39 is 0 Å². The topological polar surface area (TPSA) is 168 Å². The van der Waals surface area contributed by atoms with E-state index in [-0.39, 0.29) is 17.8 Å². The van der Waals surface area contributed by atoms with Crippen molar-refractivity contribution < 1.29 is 4.79 Å². The number of guanidine groups is 1. The third-order valence-corrected chi connectivity index (χ3v) is 4.55. The van der Waals surface area contributed by atoms with Gasteiger partial charge in [-0.15, -0.1) is 5.10 Å². The maximum Gasteiger partial charge on any atom is 0.323 e. The third kappa shape index (κ3) is 8.65. The van der Waals surface area contributed by atoms with Crippen LogP contribution in [-0.4, -0.2) is 23.4 Å². The number of hydrogen-bond donors (Lipinski definition) is 6. The van der Waals surface area contributed by atoms with Crippen LogP contribution < -0.4 is 33.3 Å². The zero-order chi connectivity index (χ0) is 24.9. The van der Waals surface area contributed by atoms with Gasteiger partial charge < -0.3 is 27.8 Å². The molecule has 0 saturated carbocycles. The van der Waals surface area contributed by atoms with Crippen molar-refractivity contribution >= 4 is 34.8 Å². The molecule has 0 heterocycles. The molecule has 0 aliphatic carbocycles. The molecule has 0 aliphatic heterocycles. The summed E-state index contributed by atoms with van der Waals surface area (Å²) in [6.07, 6.45) is 3.32. The standard InChI is InChI=1S/C24H33N9O/c1-4-6-21(31-30-16(3)25)17-8-12-19(13-9-17)28-24(34)29-20-14-10-18(11-15-20)22(7-5-2)32-33-23(26)27/h8-15,30H,3-7,25H2,1-2H3,(H4,26,27,33)(H2,28,29,34)/b31-21+,32-22-. The lowest BCUT2D eigenvalue weighted by atomic mass is 10.1. The van der Waals surface area contributed by atoms with Crippen molar-refractivity contribution in [3.8, 4) is 0 Å². The zero-order valence-electron chi connectivity index (χ0n) is 19.6. The fraction of sp³-hybridized carbons (Fsp3) is 0.250. The number of hydrazone groups is 1. The molecule has 2 rings (SSSR count). The molecule has 9 N–H and O–H groups in total. The quantitative estimate of drug-likeness (QED) is 0.170. The van der Waals surface area contributed by atoms with E-state index in [1.165, 1.54) is 0 Å². The van der Waals surface area contributed by atoms with Gasteiger partial charge in [0.1, 0.15) is 5.82 Å². The van der Waals surface area contributed by atoms with Gasteiger partial charge in [0.15, 0.2) is 0 Å². The van der Waals surface area contributed by atoms with Crippen LogP contribution in [0.1, 0.15) is 50.7 Å². The van der Waals surface area contributed by atoms with Crippen LogP contribution in [0.4, 0.5) is 16.2 Å². The number of carbonyl (C=O) groups excluding carboxylic acids is 1. The normalized spacial score (nSPS) is 11.5. The van der Waals surface area contributed by atoms with E-state index in [2.05, 4.69) is 44.9 Å². The van der Waals surface area contributed by atoms with Gasteiger partial charge >= 0.3 is 6.03 Å². The molecular weight excluding hydrogens is 430 g/mol. The van der Waals surface area contributed by atoms with E-state index in [0.29, 0.717) is 11.4 Å². The minimum absolute atomic E-state index is 0.0939. The van der Waals surface area contributed by atoms with Gasteiger partial charge in [-0.2, -0.15) is 10.2 Å². The predicted octanol–water partition coefficient (Wildman–Crippen LogP) is 3.63. The number of urea groups is 1. The molecule has 0 spiro atoms. The Morgan fingerprint density at radius 2 is 1.26 bits per heavy atom. The van der Waals surface area contributed by atoms with Crippen LogP contribution in [0.15, 0.2) is 76.2 Å². The summed E-state index contributed by atoms with van der Waals surface area (Å²) in [5.74, 6) is 0.183.